The van der Waals surface area contributed by atoms with Crippen molar-refractivity contribution in [2.45, 2.75) is 33.3 Å². The molecule has 2 heterocycles. The van der Waals surface area contributed by atoms with Gasteiger partial charge in [0.15, 0.2) is 5.17 Å². The van der Waals surface area contributed by atoms with Crippen LogP contribution in [0.2, 0.25) is 0 Å². The van der Waals surface area contributed by atoms with E-state index in [2.05, 4.69) is 48.0 Å². The molecule has 1 atom stereocenters. The van der Waals surface area contributed by atoms with Crippen molar-refractivity contribution in [3.05, 3.63) is 70.1 Å². The Bertz CT molecular complexity index is 932. The zero-order valence-corrected chi connectivity index (χ0v) is 17.7. The molecule has 150 valence electrons. The number of carbonyl (C=O) groups excluding carboxylic acids is 1. The first-order valence-electron chi connectivity index (χ1n) is 10.1. The smallest absolute Gasteiger partial charge is 0.286 e. The molecular formula is C24H26N2O2S. The molecule has 4 nitrogen and oxygen atoms in total. The van der Waals surface area contributed by atoms with Gasteiger partial charge in [-0.25, -0.2) is 0 Å². The van der Waals surface area contributed by atoms with Crippen LogP contribution < -0.4 is 4.74 Å². The highest BCUT2D eigenvalue weighted by molar-refractivity contribution is 8.18. The van der Waals surface area contributed by atoms with E-state index < -0.39 is 0 Å². The summed E-state index contributed by atoms with van der Waals surface area (Å²) >= 11 is 1.49. The van der Waals surface area contributed by atoms with E-state index in [4.69, 9.17) is 4.74 Å². The molecule has 4 rings (SSSR count). The van der Waals surface area contributed by atoms with Gasteiger partial charge in [-0.3, -0.25) is 4.79 Å². The fraction of sp³-hybridized carbons (Fsp3) is 0.333. The fourth-order valence-corrected chi connectivity index (χ4v) is 4.51. The first-order chi connectivity index (χ1) is 14.1. The normalized spacial score (nSPS) is 20.8. The molecule has 1 saturated heterocycles. The standard InChI is InChI=1S/C24H26N2O2S/c1-17-5-7-20(8-6-17)16-28-21-11-9-19(10-12-21)14-22-23(27)25-24(29-22)26-13-3-4-18(2)15-26/h5-12,14,18H,3-4,13,15-16H2,1-2H3/b22-14-. The number of amidine groups is 1. The summed E-state index contributed by atoms with van der Waals surface area (Å²) in [4.78, 5) is 19.6. The number of thioether (sulfide) groups is 1. The first kappa shape index (κ1) is 19.8. The van der Waals surface area contributed by atoms with Gasteiger partial charge in [-0.1, -0.05) is 48.9 Å². The van der Waals surface area contributed by atoms with Crippen LogP contribution in [-0.4, -0.2) is 29.1 Å². The van der Waals surface area contributed by atoms with Gasteiger partial charge < -0.3 is 9.64 Å². The van der Waals surface area contributed by atoms with Crippen molar-refractivity contribution in [1.82, 2.24) is 4.90 Å². The number of ether oxygens (including phenoxy) is 1. The zero-order chi connectivity index (χ0) is 20.2. The van der Waals surface area contributed by atoms with Gasteiger partial charge in [0, 0.05) is 13.1 Å². The molecule has 1 amide bonds. The van der Waals surface area contributed by atoms with E-state index in [0.29, 0.717) is 17.4 Å². The lowest BCUT2D eigenvalue weighted by atomic mass is 10.0. The van der Waals surface area contributed by atoms with Crippen LogP contribution in [0, 0.1) is 12.8 Å². The van der Waals surface area contributed by atoms with Crippen LogP contribution in [-0.2, 0) is 11.4 Å². The number of aryl methyl sites for hydroxylation is 1. The van der Waals surface area contributed by atoms with Crippen LogP contribution >= 0.6 is 11.8 Å². The lowest BCUT2D eigenvalue weighted by Gasteiger charge is -2.31. The number of rotatable bonds is 4. The molecule has 0 aromatic heterocycles. The van der Waals surface area contributed by atoms with E-state index in [1.807, 2.05) is 30.3 Å². The van der Waals surface area contributed by atoms with Crippen LogP contribution in [0.5, 0.6) is 5.75 Å². The number of likely N-dealkylation sites (tertiary alicyclic amines) is 1. The van der Waals surface area contributed by atoms with Crippen molar-refractivity contribution in [3.63, 3.8) is 0 Å². The molecule has 2 aromatic carbocycles. The summed E-state index contributed by atoms with van der Waals surface area (Å²) in [5.74, 6) is 1.34. The lowest BCUT2D eigenvalue weighted by Crippen LogP contribution is -2.37. The minimum absolute atomic E-state index is 0.136. The predicted molar refractivity (Wildman–Crippen MR) is 120 cm³/mol. The Morgan fingerprint density at radius 3 is 2.66 bits per heavy atom. The number of nitrogens with zero attached hydrogens (tertiary/aromatic N) is 2. The summed E-state index contributed by atoms with van der Waals surface area (Å²) in [5, 5.41) is 0.853. The monoisotopic (exact) mass is 406 g/mol. The Kier molecular flexibility index (Phi) is 6.05. The Morgan fingerprint density at radius 1 is 1.17 bits per heavy atom. The second kappa shape index (κ2) is 8.87. The molecule has 2 aromatic rings. The Morgan fingerprint density at radius 2 is 1.93 bits per heavy atom. The molecule has 0 aliphatic carbocycles. The average molecular weight is 407 g/mol. The van der Waals surface area contributed by atoms with Crippen molar-refractivity contribution in [3.8, 4) is 5.75 Å². The predicted octanol–water partition coefficient (Wildman–Crippen LogP) is 5.28. The summed E-state index contributed by atoms with van der Waals surface area (Å²) in [6.45, 7) is 6.85. The number of amides is 1. The first-order valence-corrected chi connectivity index (χ1v) is 10.9. The van der Waals surface area contributed by atoms with Crippen LogP contribution in [0.3, 0.4) is 0 Å². The third kappa shape index (κ3) is 5.10. The highest BCUT2D eigenvalue weighted by Crippen LogP contribution is 2.32. The van der Waals surface area contributed by atoms with Crippen molar-refractivity contribution < 1.29 is 9.53 Å². The van der Waals surface area contributed by atoms with Crippen molar-refractivity contribution in [2.24, 2.45) is 10.9 Å². The third-order valence-electron chi connectivity index (χ3n) is 5.24. The molecule has 0 N–H and O–H groups in total. The lowest BCUT2D eigenvalue weighted by molar-refractivity contribution is -0.113. The largest absolute Gasteiger partial charge is 0.489 e. The number of aliphatic imine (C=N–C) groups is 1. The number of benzene rings is 2. The minimum Gasteiger partial charge on any atom is -0.489 e. The summed E-state index contributed by atoms with van der Waals surface area (Å²) in [7, 11) is 0. The number of carbonyl (C=O) groups is 1. The summed E-state index contributed by atoms with van der Waals surface area (Å²) < 4.78 is 5.86. The quantitative estimate of drug-likeness (QED) is 0.648. The highest BCUT2D eigenvalue weighted by Gasteiger charge is 2.28. The fourth-order valence-electron chi connectivity index (χ4n) is 3.56. The van der Waals surface area contributed by atoms with E-state index in [1.54, 1.807) is 0 Å². The number of hydrogen-bond acceptors (Lipinski definition) is 4. The molecule has 2 aliphatic heterocycles. The van der Waals surface area contributed by atoms with Gasteiger partial charge in [-0.15, -0.1) is 0 Å². The highest BCUT2D eigenvalue weighted by atomic mass is 32.2. The summed E-state index contributed by atoms with van der Waals surface area (Å²) in [6, 6.07) is 16.2. The molecule has 5 heteroatoms. The Balaban J connectivity index is 1.36. The third-order valence-corrected chi connectivity index (χ3v) is 6.29. The van der Waals surface area contributed by atoms with Gasteiger partial charge in [0.05, 0.1) is 4.91 Å². The molecule has 0 saturated carbocycles. The van der Waals surface area contributed by atoms with E-state index in [1.165, 1.54) is 23.7 Å². The SMILES string of the molecule is Cc1ccc(COc2ccc(/C=C3\SC(N4CCCC(C)C4)=NC3=O)cc2)cc1. The van der Waals surface area contributed by atoms with E-state index >= 15 is 0 Å². The summed E-state index contributed by atoms with van der Waals surface area (Å²) in [6.07, 6.45) is 4.34. The molecule has 1 fully saturated rings. The molecule has 1 unspecified atom stereocenters. The average Bonchev–Trinajstić information content (AvgIpc) is 3.09. The van der Waals surface area contributed by atoms with Crippen molar-refractivity contribution in [2.75, 3.05) is 13.1 Å². The second-order valence-corrected chi connectivity index (χ2v) is 8.86. The van der Waals surface area contributed by atoms with E-state index in [-0.39, 0.29) is 5.91 Å². The van der Waals surface area contributed by atoms with Gasteiger partial charge in [-0.05, 0) is 66.8 Å². The number of hydrogen-bond donors (Lipinski definition) is 0. The number of piperidine rings is 1. The molecule has 29 heavy (non-hydrogen) atoms. The maximum absolute atomic E-state index is 12.3. The van der Waals surface area contributed by atoms with Gasteiger partial charge >= 0.3 is 0 Å². The van der Waals surface area contributed by atoms with Gasteiger partial charge in [0.25, 0.3) is 5.91 Å². The Hall–Kier alpha value is -2.53. The maximum Gasteiger partial charge on any atom is 0.286 e. The Labute approximate surface area is 176 Å². The van der Waals surface area contributed by atoms with Crippen LogP contribution in [0.4, 0.5) is 0 Å². The van der Waals surface area contributed by atoms with Gasteiger partial charge in [0.1, 0.15) is 12.4 Å². The second-order valence-electron chi connectivity index (χ2n) is 7.85. The van der Waals surface area contributed by atoms with Crippen molar-refractivity contribution in [1.29, 1.82) is 0 Å². The van der Waals surface area contributed by atoms with Crippen LogP contribution in [0.25, 0.3) is 6.08 Å². The molecular weight excluding hydrogens is 380 g/mol. The molecule has 0 bridgehead atoms. The minimum atomic E-state index is -0.136. The zero-order valence-electron chi connectivity index (χ0n) is 16.9. The van der Waals surface area contributed by atoms with Gasteiger partial charge in [0.2, 0.25) is 0 Å². The van der Waals surface area contributed by atoms with Crippen LogP contribution in [0.15, 0.2) is 58.4 Å². The van der Waals surface area contributed by atoms with E-state index in [9.17, 15) is 4.79 Å². The van der Waals surface area contributed by atoms with Crippen molar-refractivity contribution >= 4 is 28.9 Å². The summed E-state index contributed by atoms with van der Waals surface area (Å²) in [5.41, 5.74) is 3.37. The topological polar surface area (TPSA) is 41.9 Å². The van der Waals surface area contributed by atoms with E-state index in [0.717, 1.165) is 41.6 Å². The molecule has 0 radical (unpaired) electrons. The molecule has 2 aliphatic rings. The van der Waals surface area contributed by atoms with Crippen LogP contribution in [0.1, 0.15) is 36.5 Å². The maximum atomic E-state index is 12.3. The molecule has 0 spiro atoms. The van der Waals surface area contributed by atoms with Gasteiger partial charge in [-0.2, -0.15) is 4.99 Å².